The van der Waals surface area contributed by atoms with E-state index in [2.05, 4.69) is 27.7 Å². The van der Waals surface area contributed by atoms with Crippen molar-refractivity contribution in [3.05, 3.63) is 59.9 Å². The first-order chi connectivity index (χ1) is 12.6. The van der Waals surface area contributed by atoms with E-state index in [0.717, 1.165) is 37.2 Å². The van der Waals surface area contributed by atoms with Gasteiger partial charge in [-0.1, -0.05) is 12.1 Å². The number of anilines is 2. The minimum absolute atomic E-state index is 0.224. The third-order valence-corrected chi connectivity index (χ3v) is 5.35. The molecule has 2 aromatic carbocycles. The summed E-state index contributed by atoms with van der Waals surface area (Å²) in [5.41, 5.74) is 2.58. The lowest BCUT2D eigenvalue weighted by Gasteiger charge is -2.28. The second-order valence-electron chi connectivity index (χ2n) is 7.26. The highest BCUT2D eigenvalue weighted by molar-refractivity contribution is 5.90. The molecule has 136 valence electrons. The zero-order chi connectivity index (χ0) is 18.0. The van der Waals surface area contributed by atoms with E-state index in [-0.39, 0.29) is 17.4 Å². The Labute approximate surface area is 153 Å². The summed E-state index contributed by atoms with van der Waals surface area (Å²) in [7, 11) is 0. The van der Waals surface area contributed by atoms with Crippen molar-refractivity contribution < 1.29 is 9.18 Å². The highest BCUT2D eigenvalue weighted by atomic mass is 19.1. The third-order valence-electron chi connectivity index (χ3n) is 5.35. The molecule has 0 bridgehead atoms. The van der Waals surface area contributed by atoms with E-state index in [0.29, 0.717) is 0 Å². The topological polar surface area (TPSA) is 44.4 Å². The van der Waals surface area contributed by atoms with Gasteiger partial charge < -0.3 is 15.5 Å². The molecular formula is C21H24FN3O. The van der Waals surface area contributed by atoms with Crippen molar-refractivity contribution in [2.24, 2.45) is 0 Å². The molecule has 1 saturated heterocycles. The van der Waals surface area contributed by atoms with Crippen LogP contribution in [0.3, 0.4) is 0 Å². The molecular weight excluding hydrogens is 329 g/mol. The van der Waals surface area contributed by atoms with Crippen molar-refractivity contribution in [2.45, 2.75) is 37.6 Å². The summed E-state index contributed by atoms with van der Waals surface area (Å²) in [5.74, 6) is -0.261. The summed E-state index contributed by atoms with van der Waals surface area (Å²) in [6, 6.07) is 14.2. The molecule has 2 fully saturated rings. The molecule has 1 aliphatic heterocycles. The van der Waals surface area contributed by atoms with Crippen molar-refractivity contribution in [3.8, 4) is 0 Å². The van der Waals surface area contributed by atoms with Crippen LogP contribution >= 0.6 is 0 Å². The van der Waals surface area contributed by atoms with Crippen LogP contribution in [-0.4, -0.2) is 19.1 Å². The summed E-state index contributed by atoms with van der Waals surface area (Å²) in [6.07, 6.45) is 5.55. The van der Waals surface area contributed by atoms with Crippen LogP contribution in [0, 0.1) is 5.82 Å². The largest absolute Gasteiger partial charge is 0.372 e. The number of nitrogens with one attached hydrogen (secondary N) is 2. The summed E-state index contributed by atoms with van der Waals surface area (Å²) in [4.78, 5) is 14.8. The van der Waals surface area contributed by atoms with E-state index >= 15 is 0 Å². The average Bonchev–Trinajstić information content (AvgIpc) is 3.44. The molecule has 0 radical (unpaired) electrons. The van der Waals surface area contributed by atoms with Crippen LogP contribution < -0.4 is 15.5 Å². The molecule has 5 heteroatoms. The Morgan fingerprint density at radius 3 is 2.19 bits per heavy atom. The van der Waals surface area contributed by atoms with E-state index in [9.17, 15) is 9.18 Å². The quantitative estimate of drug-likeness (QED) is 0.842. The van der Waals surface area contributed by atoms with Gasteiger partial charge in [0.15, 0.2) is 0 Å². The van der Waals surface area contributed by atoms with Crippen LogP contribution in [-0.2, 0) is 5.54 Å². The number of nitrogens with zero attached hydrogens (tertiary/aromatic N) is 1. The maximum atomic E-state index is 13.1. The van der Waals surface area contributed by atoms with Gasteiger partial charge in [0.2, 0.25) is 0 Å². The Bertz CT molecular complexity index is 763. The number of hydrogen-bond donors (Lipinski definition) is 2. The second-order valence-corrected chi connectivity index (χ2v) is 7.26. The molecule has 1 heterocycles. The van der Waals surface area contributed by atoms with Crippen molar-refractivity contribution in [1.29, 1.82) is 0 Å². The molecule has 0 atom stereocenters. The summed E-state index contributed by atoms with van der Waals surface area (Å²) >= 11 is 0. The first-order valence-electron chi connectivity index (χ1n) is 9.35. The van der Waals surface area contributed by atoms with Gasteiger partial charge in [-0.15, -0.1) is 0 Å². The van der Waals surface area contributed by atoms with Gasteiger partial charge in [0.1, 0.15) is 5.82 Å². The normalized spacial score (nSPS) is 18.3. The van der Waals surface area contributed by atoms with Gasteiger partial charge in [0.25, 0.3) is 0 Å². The number of piperidine rings is 1. The fourth-order valence-electron chi connectivity index (χ4n) is 3.67. The predicted molar refractivity (Wildman–Crippen MR) is 102 cm³/mol. The average molecular weight is 353 g/mol. The monoisotopic (exact) mass is 353 g/mol. The molecule has 4 rings (SSSR count). The fraction of sp³-hybridized carbons (Fsp3) is 0.381. The maximum Gasteiger partial charge on any atom is 0.319 e. The zero-order valence-corrected chi connectivity index (χ0v) is 14.8. The van der Waals surface area contributed by atoms with Crippen LogP contribution in [0.5, 0.6) is 0 Å². The summed E-state index contributed by atoms with van der Waals surface area (Å²) in [5, 5.41) is 5.95. The van der Waals surface area contributed by atoms with Crippen LogP contribution in [0.25, 0.3) is 0 Å². The second kappa shape index (κ2) is 6.98. The van der Waals surface area contributed by atoms with E-state index < -0.39 is 0 Å². The van der Waals surface area contributed by atoms with Crippen LogP contribution in [0.4, 0.5) is 20.6 Å². The highest BCUT2D eigenvalue weighted by Gasteiger charge is 2.45. The lowest BCUT2D eigenvalue weighted by molar-refractivity contribution is 0.247. The van der Waals surface area contributed by atoms with Gasteiger partial charge in [0.05, 0.1) is 5.54 Å². The molecule has 0 spiro atoms. The Balaban J connectivity index is 1.36. The summed E-state index contributed by atoms with van der Waals surface area (Å²) < 4.78 is 13.1. The first kappa shape index (κ1) is 16.9. The molecule has 26 heavy (non-hydrogen) atoms. The fourth-order valence-corrected chi connectivity index (χ4v) is 3.67. The van der Waals surface area contributed by atoms with Crippen molar-refractivity contribution in [2.75, 3.05) is 23.3 Å². The van der Waals surface area contributed by atoms with Gasteiger partial charge in [0, 0.05) is 24.5 Å². The summed E-state index contributed by atoms with van der Waals surface area (Å²) in [6.45, 7) is 2.21. The van der Waals surface area contributed by atoms with Gasteiger partial charge in [-0.2, -0.15) is 0 Å². The number of rotatable bonds is 4. The Morgan fingerprint density at radius 1 is 0.923 bits per heavy atom. The van der Waals surface area contributed by atoms with Crippen LogP contribution in [0.15, 0.2) is 48.5 Å². The van der Waals surface area contributed by atoms with E-state index in [1.54, 1.807) is 12.1 Å². The predicted octanol–water partition coefficient (Wildman–Crippen LogP) is 4.63. The molecule has 0 aromatic heterocycles. The Morgan fingerprint density at radius 2 is 1.58 bits per heavy atom. The van der Waals surface area contributed by atoms with Gasteiger partial charge >= 0.3 is 6.03 Å². The Hall–Kier alpha value is -2.56. The SMILES string of the molecule is O=C(Nc1ccc(N2CCCCC2)cc1)NC1(c2ccc(F)cc2)CC1. The minimum atomic E-state index is -0.356. The van der Waals surface area contributed by atoms with Crippen molar-refractivity contribution in [3.63, 3.8) is 0 Å². The highest BCUT2D eigenvalue weighted by Crippen LogP contribution is 2.45. The standard InChI is InChI=1S/C21H24FN3O/c22-17-6-4-16(5-7-17)21(12-13-21)24-20(26)23-18-8-10-19(11-9-18)25-14-2-1-3-15-25/h4-11H,1-3,12-15H2,(H2,23,24,26). The molecule has 2 aliphatic rings. The van der Waals surface area contributed by atoms with E-state index in [1.807, 2.05) is 12.1 Å². The molecule has 1 aliphatic carbocycles. The van der Waals surface area contributed by atoms with Crippen molar-refractivity contribution >= 4 is 17.4 Å². The van der Waals surface area contributed by atoms with Gasteiger partial charge in [-0.25, -0.2) is 9.18 Å². The molecule has 2 amide bonds. The zero-order valence-electron chi connectivity index (χ0n) is 14.8. The minimum Gasteiger partial charge on any atom is -0.372 e. The number of halogens is 1. The van der Waals surface area contributed by atoms with Gasteiger partial charge in [-0.3, -0.25) is 0 Å². The number of carbonyl (C=O) groups excluding carboxylic acids is 1. The van der Waals surface area contributed by atoms with Gasteiger partial charge in [-0.05, 0) is 74.1 Å². The molecule has 2 N–H and O–H groups in total. The number of benzene rings is 2. The molecule has 0 unspecified atom stereocenters. The first-order valence-corrected chi connectivity index (χ1v) is 9.35. The Kier molecular flexibility index (Phi) is 4.53. The van der Waals surface area contributed by atoms with E-state index in [1.165, 1.54) is 37.1 Å². The third kappa shape index (κ3) is 3.66. The van der Waals surface area contributed by atoms with Crippen LogP contribution in [0.1, 0.15) is 37.7 Å². The molecule has 2 aromatic rings. The lowest BCUT2D eigenvalue weighted by Crippen LogP contribution is -2.38. The number of urea groups is 1. The maximum absolute atomic E-state index is 13.1. The van der Waals surface area contributed by atoms with E-state index in [4.69, 9.17) is 0 Å². The molecule has 1 saturated carbocycles. The number of carbonyl (C=O) groups is 1. The molecule has 4 nitrogen and oxygen atoms in total. The smallest absolute Gasteiger partial charge is 0.319 e. The van der Waals surface area contributed by atoms with Crippen LogP contribution in [0.2, 0.25) is 0 Å². The number of hydrogen-bond acceptors (Lipinski definition) is 2. The lowest BCUT2D eigenvalue weighted by atomic mass is 10.1. The van der Waals surface area contributed by atoms with Crippen molar-refractivity contribution in [1.82, 2.24) is 5.32 Å². The number of amides is 2.